The van der Waals surface area contributed by atoms with Crippen molar-refractivity contribution in [1.29, 1.82) is 0 Å². The Morgan fingerprint density at radius 1 is 0.818 bits per heavy atom. The van der Waals surface area contributed by atoms with Crippen molar-refractivity contribution < 1.29 is 4.74 Å². The second kappa shape index (κ2) is 3.65. The lowest BCUT2D eigenvalue weighted by Gasteiger charge is -2.13. The van der Waals surface area contributed by atoms with E-state index >= 15 is 0 Å². The predicted octanol–water partition coefficient (Wildman–Crippen LogP) is 2.94. The molecule has 0 N–H and O–H groups in total. The number of fused-ring (bicyclic) bond motifs is 2. The van der Waals surface area contributed by atoms with E-state index in [4.69, 9.17) is 4.74 Å². The second-order valence-electron chi connectivity index (χ2n) is 3.40. The summed E-state index contributed by atoms with van der Waals surface area (Å²) in [5.41, 5.74) is 0. The molecule has 2 aliphatic heterocycles. The zero-order chi connectivity index (χ0) is 7.84. The van der Waals surface area contributed by atoms with Gasteiger partial charge in [-0.2, -0.15) is 0 Å². The second-order valence-corrected chi connectivity index (χ2v) is 6.60. The van der Waals surface area contributed by atoms with Gasteiger partial charge in [-0.15, -0.1) is 0 Å². The molecule has 0 spiro atoms. The van der Waals surface area contributed by atoms with E-state index in [1.165, 1.54) is 25.7 Å². The molecule has 1 nitrogen and oxygen atoms in total. The van der Waals surface area contributed by atoms with E-state index < -0.39 is 0 Å². The molecule has 64 valence electrons. The molecule has 2 aliphatic rings. The van der Waals surface area contributed by atoms with E-state index in [0.717, 1.165) is 7.85 Å². The number of ether oxygens (including phenoxy) is 1. The Morgan fingerprint density at radius 3 is 1.73 bits per heavy atom. The van der Waals surface area contributed by atoms with Crippen LogP contribution in [0, 0.1) is 0 Å². The van der Waals surface area contributed by atoms with Crippen molar-refractivity contribution in [3.05, 3.63) is 0 Å². The molecule has 0 radical (unpaired) electrons. The molecular weight excluding hydrogens is 366 g/mol. The highest BCUT2D eigenvalue weighted by atomic mass is 127. The number of hydrogen-bond acceptors (Lipinski definition) is 1. The van der Waals surface area contributed by atoms with Gasteiger partial charge in [0.1, 0.15) is 0 Å². The molecule has 2 heterocycles. The van der Waals surface area contributed by atoms with E-state index in [9.17, 15) is 0 Å². The Labute approximate surface area is 94.9 Å². The average molecular weight is 378 g/mol. The van der Waals surface area contributed by atoms with Gasteiger partial charge in [0.25, 0.3) is 0 Å². The zero-order valence-electron chi connectivity index (χ0n) is 6.30. The predicted molar refractivity (Wildman–Crippen MR) is 62.7 cm³/mol. The summed E-state index contributed by atoms with van der Waals surface area (Å²) >= 11 is 5.10. The van der Waals surface area contributed by atoms with Crippen molar-refractivity contribution in [2.75, 3.05) is 0 Å². The molecule has 2 saturated heterocycles. The molecule has 2 rings (SSSR count). The molecule has 0 aromatic heterocycles. The van der Waals surface area contributed by atoms with Crippen LogP contribution in [0.4, 0.5) is 0 Å². The topological polar surface area (TPSA) is 9.23 Å². The summed E-state index contributed by atoms with van der Waals surface area (Å²) in [5.74, 6) is 0. The van der Waals surface area contributed by atoms with Crippen molar-refractivity contribution in [2.24, 2.45) is 0 Å². The lowest BCUT2D eigenvalue weighted by atomic mass is 10.0. The third kappa shape index (κ3) is 1.85. The minimum absolute atomic E-state index is 0.584. The van der Waals surface area contributed by atoms with Crippen molar-refractivity contribution in [3.63, 3.8) is 0 Å². The molecule has 4 atom stereocenters. The highest BCUT2D eigenvalue weighted by Gasteiger charge is 2.37. The van der Waals surface area contributed by atoms with Crippen LogP contribution in [0.3, 0.4) is 0 Å². The van der Waals surface area contributed by atoms with E-state index in [1.54, 1.807) is 0 Å². The Kier molecular flexibility index (Phi) is 2.99. The van der Waals surface area contributed by atoms with Crippen molar-refractivity contribution in [2.45, 2.75) is 45.7 Å². The highest BCUT2D eigenvalue weighted by Crippen LogP contribution is 2.37. The van der Waals surface area contributed by atoms with Crippen molar-refractivity contribution in [3.8, 4) is 0 Å². The summed E-state index contributed by atoms with van der Waals surface area (Å²) in [6.07, 6.45) is 6.49. The van der Waals surface area contributed by atoms with Gasteiger partial charge in [-0.25, -0.2) is 0 Å². The van der Waals surface area contributed by atoms with Crippen LogP contribution in [-0.2, 0) is 4.74 Å². The van der Waals surface area contributed by atoms with E-state index in [1.807, 2.05) is 0 Å². The van der Waals surface area contributed by atoms with Crippen LogP contribution in [0.15, 0.2) is 0 Å². The minimum Gasteiger partial charge on any atom is -0.373 e. The lowest BCUT2D eigenvalue weighted by molar-refractivity contribution is 0.0597. The maximum atomic E-state index is 5.93. The third-order valence-electron chi connectivity index (χ3n) is 2.61. The van der Waals surface area contributed by atoms with Crippen LogP contribution < -0.4 is 0 Å². The fraction of sp³-hybridized carbons (Fsp3) is 1.00. The molecule has 0 aliphatic carbocycles. The largest absolute Gasteiger partial charge is 0.373 e. The van der Waals surface area contributed by atoms with Crippen LogP contribution >= 0.6 is 45.2 Å². The van der Waals surface area contributed by atoms with Gasteiger partial charge in [-0.1, -0.05) is 45.2 Å². The van der Waals surface area contributed by atoms with Gasteiger partial charge >= 0.3 is 0 Å². The smallest absolute Gasteiger partial charge is 0.0697 e. The molecule has 2 fully saturated rings. The van der Waals surface area contributed by atoms with Crippen LogP contribution in [-0.4, -0.2) is 20.1 Å². The third-order valence-corrected chi connectivity index (χ3v) is 5.46. The van der Waals surface area contributed by atoms with Gasteiger partial charge in [0.15, 0.2) is 0 Å². The average Bonchev–Trinajstić information content (AvgIpc) is 2.42. The zero-order valence-corrected chi connectivity index (χ0v) is 10.6. The normalized spacial score (nSPS) is 50.7. The van der Waals surface area contributed by atoms with Gasteiger partial charge < -0.3 is 4.74 Å². The summed E-state index contributed by atoms with van der Waals surface area (Å²) in [4.78, 5) is 0. The molecule has 0 saturated carbocycles. The first kappa shape index (κ1) is 8.99. The maximum absolute atomic E-state index is 5.93. The lowest BCUT2D eigenvalue weighted by Crippen LogP contribution is -2.19. The Bertz CT molecular complexity index is 135. The van der Waals surface area contributed by atoms with Crippen LogP contribution in [0.5, 0.6) is 0 Å². The molecule has 0 aromatic carbocycles. The summed E-state index contributed by atoms with van der Waals surface area (Å²) in [5, 5.41) is 0. The van der Waals surface area contributed by atoms with Crippen molar-refractivity contribution >= 4 is 45.2 Å². The molecule has 11 heavy (non-hydrogen) atoms. The Balaban J connectivity index is 2.07. The fourth-order valence-corrected chi connectivity index (χ4v) is 3.69. The molecule has 2 bridgehead atoms. The first-order valence-corrected chi connectivity index (χ1v) is 6.70. The maximum Gasteiger partial charge on any atom is 0.0697 e. The minimum atomic E-state index is 0.584. The standard InChI is InChI=1S/C8H12I2O/c9-5-1-2-6(10)8-4-3-7(5)11-8/h5-8H,1-4H2/t5-,6+,7-,8+. The Hall–Kier alpha value is 1.42. The molecular formula is C8H12I2O. The highest BCUT2D eigenvalue weighted by molar-refractivity contribution is 14.1. The fourth-order valence-electron chi connectivity index (χ4n) is 1.91. The van der Waals surface area contributed by atoms with Crippen LogP contribution in [0.1, 0.15) is 25.7 Å². The van der Waals surface area contributed by atoms with Gasteiger partial charge in [0.05, 0.1) is 12.2 Å². The first-order valence-electron chi connectivity index (χ1n) is 4.21. The number of rotatable bonds is 0. The number of halogens is 2. The quantitative estimate of drug-likeness (QED) is 0.466. The summed E-state index contributed by atoms with van der Waals surface area (Å²) in [7, 11) is 0. The summed E-state index contributed by atoms with van der Waals surface area (Å²) < 4.78 is 7.48. The van der Waals surface area contributed by atoms with Gasteiger partial charge in [-0.05, 0) is 25.7 Å². The van der Waals surface area contributed by atoms with Gasteiger partial charge in [-0.3, -0.25) is 0 Å². The number of hydrogen-bond donors (Lipinski definition) is 0. The van der Waals surface area contributed by atoms with Gasteiger partial charge in [0, 0.05) is 7.85 Å². The monoisotopic (exact) mass is 378 g/mol. The van der Waals surface area contributed by atoms with E-state index in [2.05, 4.69) is 45.2 Å². The number of alkyl halides is 2. The van der Waals surface area contributed by atoms with Crippen LogP contribution in [0.2, 0.25) is 0 Å². The van der Waals surface area contributed by atoms with E-state index in [-0.39, 0.29) is 0 Å². The molecule has 0 aromatic rings. The molecule has 3 heteroatoms. The first-order chi connectivity index (χ1) is 5.27. The van der Waals surface area contributed by atoms with E-state index in [0.29, 0.717) is 12.2 Å². The molecule has 0 unspecified atom stereocenters. The summed E-state index contributed by atoms with van der Waals surface area (Å²) in [6, 6.07) is 0. The molecule has 0 amide bonds. The van der Waals surface area contributed by atoms with Crippen molar-refractivity contribution in [1.82, 2.24) is 0 Å². The Morgan fingerprint density at radius 2 is 1.27 bits per heavy atom. The van der Waals surface area contributed by atoms with Crippen LogP contribution in [0.25, 0.3) is 0 Å². The van der Waals surface area contributed by atoms with Gasteiger partial charge in [0.2, 0.25) is 0 Å². The summed E-state index contributed by atoms with van der Waals surface area (Å²) in [6.45, 7) is 0. The SMILES string of the molecule is I[C@@H]1CC[C@H](I)[C@@H]2CC[C@H]1O2.